The molecule has 108 valence electrons. The third kappa shape index (κ3) is 16.4. The van der Waals surface area contributed by atoms with Gasteiger partial charge in [-0.05, 0) is 17.2 Å². The van der Waals surface area contributed by atoms with Gasteiger partial charge in [0.05, 0.1) is 0 Å². The second-order valence-electron chi connectivity index (χ2n) is 4.90. The first kappa shape index (κ1) is 18.4. The van der Waals surface area contributed by atoms with Crippen LogP contribution in [0.3, 0.4) is 0 Å². The lowest BCUT2D eigenvalue weighted by atomic mass is 10.1. The summed E-state index contributed by atoms with van der Waals surface area (Å²) in [6, 6.07) is 0. The lowest BCUT2D eigenvalue weighted by Crippen LogP contribution is -1.83. The van der Waals surface area contributed by atoms with Gasteiger partial charge in [0.15, 0.2) is 5.62 Å². The minimum Gasteiger partial charge on any atom is -0.290 e. The summed E-state index contributed by atoms with van der Waals surface area (Å²) in [5.74, 6) is 1.13. The summed E-state index contributed by atoms with van der Waals surface area (Å²) in [4.78, 5) is 10.1. The van der Waals surface area contributed by atoms with Crippen molar-refractivity contribution in [2.24, 2.45) is 0 Å². The molecule has 0 fully saturated rings. The second kappa shape index (κ2) is 17.4. The van der Waals surface area contributed by atoms with Gasteiger partial charge in [-0.15, -0.1) is 0 Å². The largest absolute Gasteiger partial charge is 0.290 e. The van der Waals surface area contributed by atoms with Crippen molar-refractivity contribution < 1.29 is 4.79 Å². The lowest BCUT2D eigenvalue weighted by Gasteiger charge is -2.02. The fraction of sp³-hybridized carbons (Fsp3) is 0.933. The minimum atomic E-state index is 0.922. The molecule has 0 unspecified atom stereocenters. The Hall–Kier alpha value is 0.370. The summed E-state index contributed by atoms with van der Waals surface area (Å²) >= 11 is 0. The van der Waals surface area contributed by atoms with Crippen molar-refractivity contribution in [2.75, 3.05) is 5.75 Å². The molecule has 1 nitrogen and oxygen atoms in total. The number of hydrogen-bond acceptors (Lipinski definition) is 3. The van der Waals surface area contributed by atoms with Crippen LogP contribution in [0.25, 0.3) is 0 Å². The van der Waals surface area contributed by atoms with Gasteiger partial charge in [0, 0.05) is 5.75 Å². The maximum Gasteiger partial charge on any atom is 0.186 e. The molecule has 0 aromatic carbocycles. The Labute approximate surface area is 122 Å². The standard InChI is InChI=1S/C15H30OS2/c1-2-3-4-5-6-7-8-9-10-11-12-13-14-17-18-15-16/h15H,2-14H2,1H3. The van der Waals surface area contributed by atoms with Crippen LogP contribution >= 0.6 is 21.6 Å². The van der Waals surface area contributed by atoms with E-state index < -0.39 is 0 Å². The van der Waals surface area contributed by atoms with E-state index in [1.807, 2.05) is 0 Å². The first-order valence-electron chi connectivity index (χ1n) is 7.63. The smallest absolute Gasteiger partial charge is 0.186 e. The molecular formula is C15H30OS2. The highest BCUT2D eigenvalue weighted by Crippen LogP contribution is 2.20. The van der Waals surface area contributed by atoms with E-state index in [4.69, 9.17) is 0 Å². The Morgan fingerprint density at radius 3 is 1.61 bits per heavy atom. The van der Waals surface area contributed by atoms with E-state index in [0.29, 0.717) is 0 Å². The van der Waals surface area contributed by atoms with E-state index in [0.717, 1.165) is 11.4 Å². The van der Waals surface area contributed by atoms with Crippen molar-refractivity contribution in [3.05, 3.63) is 0 Å². The highest BCUT2D eigenvalue weighted by Gasteiger charge is 1.94. The Bertz CT molecular complexity index is 163. The Morgan fingerprint density at radius 1 is 0.722 bits per heavy atom. The summed E-state index contributed by atoms with van der Waals surface area (Å²) in [5.41, 5.74) is 0.922. The van der Waals surface area contributed by atoms with Crippen LogP contribution in [0.2, 0.25) is 0 Å². The Balaban J connectivity index is 2.88. The molecule has 0 saturated carbocycles. The maximum absolute atomic E-state index is 10.1. The zero-order valence-electron chi connectivity index (χ0n) is 12.0. The molecule has 0 aromatic rings. The van der Waals surface area contributed by atoms with Gasteiger partial charge >= 0.3 is 0 Å². The van der Waals surface area contributed by atoms with Gasteiger partial charge < -0.3 is 0 Å². The highest BCUT2D eigenvalue weighted by molar-refractivity contribution is 8.81. The summed E-state index contributed by atoms with van der Waals surface area (Å²) in [7, 11) is 3.01. The van der Waals surface area contributed by atoms with Crippen molar-refractivity contribution in [3.63, 3.8) is 0 Å². The van der Waals surface area contributed by atoms with Gasteiger partial charge in [-0.3, -0.25) is 4.79 Å². The molecule has 0 N–H and O–H groups in total. The molecular weight excluding hydrogens is 260 g/mol. The van der Waals surface area contributed by atoms with E-state index >= 15 is 0 Å². The number of unbranched alkanes of at least 4 members (excludes halogenated alkanes) is 11. The van der Waals surface area contributed by atoms with Crippen LogP contribution in [0.15, 0.2) is 0 Å². The van der Waals surface area contributed by atoms with Crippen LogP contribution in [-0.4, -0.2) is 11.4 Å². The van der Waals surface area contributed by atoms with E-state index in [2.05, 4.69) is 6.92 Å². The van der Waals surface area contributed by atoms with Gasteiger partial charge in [0.1, 0.15) is 0 Å². The molecule has 0 atom stereocenters. The zero-order chi connectivity index (χ0) is 13.3. The Morgan fingerprint density at radius 2 is 1.17 bits per heavy atom. The van der Waals surface area contributed by atoms with Crippen molar-refractivity contribution in [2.45, 2.75) is 84.0 Å². The number of rotatable bonds is 15. The summed E-state index contributed by atoms with van der Waals surface area (Å²) in [6.07, 6.45) is 16.8. The van der Waals surface area contributed by atoms with Crippen molar-refractivity contribution in [3.8, 4) is 0 Å². The zero-order valence-corrected chi connectivity index (χ0v) is 13.6. The van der Waals surface area contributed by atoms with Crippen molar-refractivity contribution in [1.29, 1.82) is 0 Å². The molecule has 0 rings (SSSR count). The van der Waals surface area contributed by atoms with Crippen molar-refractivity contribution in [1.82, 2.24) is 0 Å². The topological polar surface area (TPSA) is 17.1 Å². The molecule has 0 saturated heterocycles. The van der Waals surface area contributed by atoms with Crippen LogP contribution in [0.4, 0.5) is 0 Å². The van der Waals surface area contributed by atoms with E-state index in [1.165, 1.54) is 87.8 Å². The number of hydrogen-bond donors (Lipinski definition) is 0. The molecule has 0 aliphatic heterocycles. The minimum absolute atomic E-state index is 0.922. The average Bonchev–Trinajstić information content (AvgIpc) is 2.39. The fourth-order valence-corrected chi connectivity index (χ4v) is 3.36. The molecule has 0 aliphatic rings. The third-order valence-corrected chi connectivity index (χ3v) is 5.00. The van der Waals surface area contributed by atoms with E-state index in [9.17, 15) is 4.79 Å². The molecule has 3 heteroatoms. The van der Waals surface area contributed by atoms with Gasteiger partial charge in [0.25, 0.3) is 0 Å². The summed E-state index contributed by atoms with van der Waals surface area (Å²) < 4.78 is 0. The van der Waals surface area contributed by atoms with Gasteiger partial charge in [-0.2, -0.15) is 0 Å². The van der Waals surface area contributed by atoms with Gasteiger partial charge in [-0.1, -0.05) is 88.3 Å². The Kier molecular flexibility index (Phi) is 17.7. The number of carbonyl (C=O) groups excluding carboxylic acids is 1. The second-order valence-corrected chi connectivity index (χ2v) is 7.22. The fourth-order valence-electron chi connectivity index (χ4n) is 2.08. The van der Waals surface area contributed by atoms with Crippen LogP contribution in [0.1, 0.15) is 84.0 Å². The SMILES string of the molecule is CCCCCCCCCCCCCCSSC=O. The molecule has 18 heavy (non-hydrogen) atoms. The third-order valence-electron chi connectivity index (χ3n) is 3.19. The predicted molar refractivity (Wildman–Crippen MR) is 87.9 cm³/mol. The van der Waals surface area contributed by atoms with Crippen LogP contribution < -0.4 is 0 Å². The van der Waals surface area contributed by atoms with Crippen LogP contribution in [-0.2, 0) is 4.79 Å². The normalized spacial score (nSPS) is 10.7. The first-order chi connectivity index (χ1) is 8.91. The first-order valence-corrected chi connectivity index (χ1v) is 10.0. The van der Waals surface area contributed by atoms with Gasteiger partial charge in [0.2, 0.25) is 0 Å². The average molecular weight is 291 g/mol. The quantitative estimate of drug-likeness (QED) is 0.201. The lowest BCUT2D eigenvalue weighted by molar-refractivity contribution is 0.548. The maximum atomic E-state index is 10.1. The molecule has 0 heterocycles. The monoisotopic (exact) mass is 290 g/mol. The molecule has 0 radical (unpaired) electrons. The highest BCUT2D eigenvalue weighted by atomic mass is 33.1. The van der Waals surface area contributed by atoms with Crippen LogP contribution in [0, 0.1) is 0 Å². The summed E-state index contributed by atoms with van der Waals surface area (Å²) in [6.45, 7) is 2.27. The molecule has 0 aliphatic carbocycles. The van der Waals surface area contributed by atoms with E-state index in [-0.39, 0.29) is 0 Å². The molecule has 0 amide bonds. The van der Waals surface area contributed by atoms with Crippen LogP contribution in [0.5, 0.6) is 0 Å². The van der Waals surface area contributed by atoms with Crippen molar-refractivity contribution >= 4 is 27.2 Å². The molecule has 0 bridgehead atoms. The molecule has 0 aromatic heterocycles. The van der Waals surface area contributed by atoms with E-state index in [1.54, 1.807) is 10.8 Å². The predicted octanol–water partition coefficient (Wildman–Crippen LogP) is 6.26. The molecule has 0 spiro atoms. The number of carbonyl (C=O) groups is 1. The van der Waals surface area contributed by atoms with Gasteiger partial charge in [-0.25, -0.2) is 0 Å². The summed E-state index contributed by atoms with van der Waals surface area (Å²) in [5, 5.41) is 0.